The summed E-state index contributed by atoms with van der Waals surface area (Å²) < 4.78 is 13.6. The van der Waals surface area contributed by atoms with Gasteiger partial charge in [0.1, 0.15) is 5.82 Å². The van der Waals surface area contributed by atoms with Crippen LogP contribution in [0.1, 0.15) is 31.7 Å². The van der Waals surface area contributed by atoms with Gasteiger partial charge in [-0.2, -0.15) is 0 Å². The molecule has 4 heteroatoms. The summed E-state index contributed by atoms with van der Waals surface area (Å²) in [5, 5.41) is 3.94. The lowest BCUT2D eigenvalue weighted by Gasteiger charge is -2.29. The molecule has 2 nitrogen and oxygen atoms in total. The van der Waals surface area contributed by atoms with Gasteiger partial charge in [0, 0.05) is 25.2 Å². The standard InChI is InChI=1S/C16H22ClFN2/c1-11-7-8-19-15(12-5-6-12)10-20(11)9-13-3-2-4-14(18)16(13)17/h2-4,11-12,15,19H,5-10H2,1H3. The van der Waals surface area contributed by atoms with E-state index in [1.165, 1.54) is 18.9 Å². The molecule has 1 N–H and O–H groups in total. The molecule has 1 aliphatic carbocycles. The summed E-state index contributed by atoms with van der Waals surface area (Å²) in [6.07, 6.45) is 3.83. The Hall–Kier alpha value is -0.640. The maximum atomic E-state index is 13.6. The van der Waals surface area contributed by atoms with E-state index in [0.29, 0.717) is 12.1 Å². The third-order valence-electron chi connectivity index (χ3n) is 4.62. The summed E-state index contributed by atoms with van der Waals surface area (Å²) in [5.74, 6) is 0.522. The predicted molar refractivity (Wildman–Crippen MR) is 80.4 cm³/mol. The molecule has 3 rings (SSSR count). The van der Waals surface area contributed by atoms with Gasteiger partial charge in [0.05, 0.1) is 5.02 Å². The van der Waals surface area contributed by atoms with Crippen LogP contribution < -0.4 is 5.32 Å². The quantitative estimate of drug-likeness (QED) is 0.919. The second-order valence-corrected chi connectivity index (χ2v) is 6.56. The van der Waals surface area contributed by atoms with Gasteiger partial charge in [0.25, 0.3) is 0 Å². The zero-order valence-electron chi connectivity index (χ0n) is 11.9. The van der Waals surface area contributed by atoms with Crippen LogP contribution in [-0.4, -0.2) is 30.1 Å². The third kappa shape index (κ3) is 3.16. The lowest BCUT2D eigenvalue weighted by atomic mass is 10.1. The van der Waals surface area contributed by atoms with Gasteiger partial charge in [-0.15, -0.1) is 0 Å². The zero-order valence-corrected chi connectivity index (χ0v) is 12.7. The lowest BCUT2D eigenvalue weighted by molar-refractivity contribution is 0.190. The van der Waals surface area contributed by atoms with Crippen molar-refractivity contribution in [3.63, 3.8) is 0 Å². The van der Waals surface area contributed by atoms with Gasteiger partial charge >= 0.3 is 0 Å². The van der Waals surface area contributed by atoms with Crippen LogP contribution in [0.5, 0.6) is 0 Å². The van der Waals surface area contributed by atoms with E-state index in [4.69, 9.17) is 11.6 Å². The van der Waals surface area contributed by atoms with Crippen molar-refractivity contribution in [3.8, 4) is 0 Å². The van der Waals surface area contributed by atoms with Crippen molar-refractivity contribution in [1.82, 2.24) is 10.2 Å². The van der Waals surface area contributed by atoms with E-state index in [1.54, 1.807) is 6.07 Å². The van der Waals surface area contributed by atoms with E-state index in [1.807, 2.05) is 6.07 Å². The summed E-state index contributed by atoms with van der Waals surface area (Å²) >= 11 is 6.09. The SMILES string of the molecule is CC1CCNC(C2CC2)CN1Cc1cccc(F)c1Cl. The number of hydrogen-bond donors (Lipinski definition) is 1. The van der Waals surface area contributed by atoms with E-state index < -0.39 is 0 Å². The van der Waals surface area contributed by atoms with Crippen molar-refractivity contribution >= 4 is 11.6 Å². The maximum absolute atomic E-state index is 13.6. The fourth-order valence-corrected chi connectivity index (χ4v) is 3.27. The first-order chi connectivity index (χ1) is 9.65. The van der Waals surface area contributed by atoms with Crippen molar-refractivity contribution in [3.05, 3.63) is 34.6 Å². The van der Waals surface area contributed by atoms with Gasteiger partial charge in [-0.25, -0.2) is 4.39 Å². The Morgan fingerprint density at radius 3 is 2.90 bits per heavy atom. The average Bonchev–Trinajstić information content (AvgIpc) is 3.25. The molecule has 1 aromatic carbocycles. The molecule has 1 aliphatic heterocycles. The minimum absolute atomic E-state index is 0.278. The maximum Gasteiger partial charge on any atom is 0.142 e. The minimum atomic E-state index is -0.316. The molecule has 2 unspecified atom stereocenters. The Kier molecular flexibility index (Phi) is 4.29. The van der Waals surface area contributed by atoms with E-state index in [-0.39, 0.29) is 10.8 Å². The molecule has 1 saturated heterocycles. The van der Waals surface area contributed by atoms with Crippen molar-refractivity contribution in [2.45, 2.75) is 44.8 Å². The molecule has 0 radical (unpaired) electrons. The van der Waals surface area contributed by atoms with Crippen LogP contribution >= 0.6 is 11.6 Å². The second-order valence-electron chi connectivity index (χ2n) is 6.18. The van der Waals surface area contributed by atoms with Crippen LogP contribution in [0, 0.1) is 11.7 Å². The van der Waals surface area contributed by atoms with Gasteiger partial charge in [-0.3, -0.25) is 4.90 Å². The molecule has 110 valence electrons. The highest BCUT2D eigenvalue weighted by Crippen LogP contribution is 2.34. The first kappa shape index (κ1) is 14.3. The molecule has 0 bridgehead atoms. The number of rotatable bonds is 3. The Balaban J connectivity index is 1.74. The van der Waals surface area contributed by atoms with Crippen molar-refractivity contribution in [2.75, 3.05) is 13.1 Å². The largest absolute Gasteiger partial charge is 0.312 e. The van der Waals surface area contributed by atoms with E-state index in [2.05, 4.69) is 17.1 Å². The molecule has 2 fully saturated rings. The third-order valence-corrected chi connectivity index (χ3v) is 5.04. The summed E-state index contributed by atoms with van der Waals surface area (Å²) in [4.78, 5) is 2.45. The fourth-order valence-electron chi connectivity index (χ4n) is 3.08. The molecule has 2 atom stereocenters. The van der Waals surface area contributed by atoms with Crippen LogP contribution in [0.3, 0.4) is 0 Å². The molecule has 0 spiro atoms. The Labute approximate surface area is 125 Å². The van der Waals surface area contributed by atoms with E-state index in [9.17, 15) is 4.39 Å². The molecule has 0 amide bonds. The van der Waals surface area contributed by atoms with Crippen LogP contribution in [-0.2, 0) is 6.54 Å². The molecule has 0 aromatic heterocycles. The van der Waals surface area contributed by atoms with Crippen LogP contribution in [0.15, 0.2) is 18.2 Å². The average molecular weight is 297 g/mol. The molecule has 2 aliphatic rings. The molecule has 1 aromatic rings. The van der Waals surface area contributed by atoms with Crippen molar-refractivity contribution in [2.24, 2.45) is 5.92 Å². The van der Waals surface area contributed by atoms with Crippen LogP contribution in [0.2, 0.25) is 5.02 Å². The Bertz CT molecular complexity index is 476. The normalized spacial score (nSPS) is 28.4. The Morgan fingerprint density at radius 2 is 2.15 bits per heavy atom. The number of hydrogen-bond acceptors (Lipinski definition) is 2. The van der Waals surface area contributed by atoms with Gasteiger partial charge in [-0.1, -0.05) is 23.7 Å². The summed E-state index contributed by atoms with van der Waals surface area (Å²) in [6, 6.07) is 6.20. The second kappa shape index (κ2) is 6.00. The first-order valence-electron chi connectivity index (χ1n) is 7.55. The predicted octanol–water partition coefficient (Wildman–Crippen LogP) is 3.44. The highest BCUT2D eigenvalue weighted by molar-refractivity contribution is 6.31. The lowest BCUT2D eigenvalue weighted by Crippen LogP contribution is -2.41. The number of nitrogens with one attached hydrogen (secondary N) is 1. The molecule has 1 saturated carbocycles. The molecule has 20 heavy (non-hydrogen) atoms. The highest BCUT2D eigenvalue weighted by atomic mass is 35.5. The monoisotopic (exact) mass is 296 g/mol. The first-order valence-corrected chi connectivity index (χ1v) is 7.93. The topological polar surface area (TPSA) is 15.3 Å². The van der Waals surface area contributed by atoms with Gasteiger partial charge in [-0.05, 0) is 50.3 Å². The minimum Gasteiger partial charge on any atom is -0.312 e. The zero-order chi connectivity index (χ0) is 14.1. The summed E-state index contributed by atoms with van der Waals surface area (Å²) in [7, 11) is 0. The summed E-state index contributed by atoms with van der Waals surface area (Å²) in [5.41, 5.74) is 0.898. The molecule has 1 heterocycles. The van der Waals surface area contributed by atoms with E-state index in [0.717, 1.165) is 37.5 Å². The van der Waals surface area contributed by atoms with Crippen LogP contribution in [0.25, 0.3) is 0 Å². The number of halogens is 2. The Morgan fingerprint density at radius 1 is 1.35 bits per heavy atom. The molecular formula is C16H22ClFN2. The van der Waals surface area contributed by atoms with Crippen LogP contribution in [0.4, 0.5) is 4.39 Å². The van der Waals surface area contributed by atoms with E-state index >= 15 is 0 Å². The molecular weight excluding hydrogens is 275 g/mol. The summed E-state index contributed by atoms with van der Waals surface area (Å²) in [6.45, 7) is 5.11. The fraction of sp³-hybridized carbons (Fsp3) is 0.625. The van der Waals surface area contributed by atoms with Crippen molar-refractivity contribution < 1.29 is 4.39 Å². The van der Waals surface area contributed by atoms with Crippen molar-refractivity contribution in [1.29, 1.82) is 0 Å². The number of benzene rings is 1. The van der Waals surface area contributed by atoms with Gasteiger partial charge in [0.2, 0.25) is 0 Å². The van der Waals surface area contributed by atoms with Gasteiger partial charge in [0.15, 0.2) is 0 Å². The van der Waals surface area contributed by atoms with Gasteiger partial charge < -0.3 is 5.32 Å². The smallest absolute Gasteiger partial charge is 0.142 e. The number of nitrogens with zero attached hydrogens (tertiary/aromatic N) is 1. The highest BCUT2D eigenvalue weighted by Gasteiger charge is 2.34.